The molecular formula is C38H33NO. The van der Waals surface area contributed by atoms with Crippen molar-refractivity contribution in [3.63, 3.8) is 0 Å². The highest BCUT2D eigenvalue weighted by molar-refractivity contribution is 5.98. The molecule has 40 heavy (non-hydrogen) atoms. The van der Waals surface area contributed by atoms with Crippen molar-refractivity contribution in [2.24, 2.45) is 0 Å². The van der Waals surface area contributed by atoms with Gasteiger partial charge < -0.3 is 9.64 Å². The minimum absolute atomic E-state index is 0.930. The lowest BCUT2D eigenvalue weighted by Gasteiger charge is -2.33. The molecule has 0 saturated heterocycles. The molecule has 6 aromatic rings. The Morgan fingerprint density at radius 3 is 1.50 bits per heavy atom. The van der Waals surface area contributed by atoms with Crippen molar-refractivity contribution in [3.05, 3.63) is 121 Å². The van der Waals surface area contributed by atoms with Crippen LogP contribution in [-0.2, 0) is 0 Å². The van der Waals surface area contributed by atoms with E-state index in [1.54, 1.807) is 0 Å². The van der Waals surface area contributed by atoms with Gasteiger partial charge in [-0.3, -0.25) is 0 Å². The van der Waals surface area contributed by atoms with Gasteiger partial charge in [0.25, 0.3) is 0 Å². The Labute approximate surface area is 236 Å². The van der Waals surface area contributed by atoms with E-state index < -0.39 is 0 Å². The molecule has 0 fully saturated rings. The first-order valence-corrected chi connectivity index (χ1v) is 14.5. The summed E-state index contributed by atoms with van der Waals surface area (Å²) in [6, 6.07) is 43.7. The van der Waals surface area contributed by atoms with Crippen LogP contribution in [0.15, 0.2) is 121 Å². The van der Waals surface area contributed by atoms with Gasteiger partial charge in [0.15, 0.2) is 11.5 Å². The van der Waals surface area contributed by atoms with Crippen LogP contribution >= 0.6 is 0 Å². The highest BCUT2D eigenvalue weighted by Crippen LogP contribution is 2.50. The summed E-state index contributed by atoms with van der Waals surface area (Å²) >= 11 is 0. The van der Waals surface area contributed by atoms with E-state index in [0.29, 0.717) is 0 Å². The summed E-state index contributed by atoms with van der Waals surface area (Å²) in [5, 5.41) is 4.86. The summed E-state index contributed by atoms with van der Waals surface area (Å²) in [4.78, 5) is 2.49. The smallest absolute Gasteiger partial charge is 0.151 e. The molecule has 0 saturated carbocycles. The van der Waals surface area contributed by atoms with Gasteiger partial charge in [0.05, 0.1) is 11.4 Å². The maximum atomic E-state index is 6.70. The highest BCUT2D eigenvalue weighted by Gasteiger charge is 2.25. The lowest BCUT2D eigenvalue weighted by Crippen LogP contribution is -2.22. The first-order chi connectivity index (χ1) is 19.8. The van der Waals surface area contributed by atoms with Crippen LogP contribution in [0.5, 0.6) is 11.5 Å². The van der Waals surface area contributed by atoms with E-state index >= 15 is 0 Å². The average Bonchev–Trinajstić information content (AvgIpc) is 3.01. The van der Waals surface area contributed by atoms with E-state index in [1.165, 1.54) is 63.1 Å². The van der Waals surface area contributed by atoms with Gasteiger partial charge in [0, 0.05) is 6.54 Å². The number of nitrogens with zero attached hydrogens (tertiary/aromatic N) is 1. The summed E-state index contributed by atoms with van der Waals surface area (Å²) in [6.07, 6.45) is 4.90. The molecule has 196 valence electrons. The molecule has 1 aliphatic heterocycles. The van der Waals surface area contributed by atoms with Crippen LogP contribution in [0.3, 0.4) is 0 Å². The molecule has 0 amide bonds. The van der Waals surface area contributed by atoms with Crippen LogP contribution in [0.4, 0.5) is 11.4 Å². The van der Waals surface area contributed by atoms with E-state index in [9.17, 15) is 0 Å². The van der Waals surface area contributed by atoms with Crippen molar-refractivity contribution in [1.29, 1.82) is 0 Å². The molecule has 0 bridgehead atoms. The number of fused-ring (bicyclic) bond motifs is 4. The summed E-state index contributed by atoms with van der Waals surface area (Å²) in [7, 11) is 0. The van der Waals surface area contributed by atoms with E-state index in [4.69, 9.17) is 4.74 Å². The van der Waals surface area contributed by atoms with Crippen LogP contribution in [0.2, 0.25) is 0 Å². The molecule has 0 atom stereocenters. The minimum atomic E-state index is 0.930. The Balaban J connectivity index is 1.32. The monoisotopic (exact) mass is 519 g/mol. The second-order valence-electron chi connectivity index (χ2n) is 10.8. The van der Waals surface area contributed by atoms with Crippen LogP contribution in [-0.4, -0.2) is 6.54 Å². The van der Waals surface area contributed by atoms with Gasteiger partial charge in [-0.1, -0.05) is 111 Å². The van der Waals surface area contributed by atoms with Gasteiger partial charge in [-0.05, 0) is 86.6 Å². The molecule has 0 radical (unpaired) electrons. The van der Waals surface area contributed by atoms with Crippen molar-refractivity contribution < 1.29 is 4.74 Å². The normalized spacial score (nSPS) is 12.3. The number of unbranched alkanes of at least 4 members (excludes halogenated alkanes) is 3. The molecule has 1 heterocycles. The van der Waals surface area contributed by atoms with Gasteiger partial charge in [-0.15, -0.1) is 0 Å². The van der Waals surface area contributed by atoms with Gasteiger partial charge in [0.2, 0.25) is 0 Å². The number of rotatable bonds is 7. The quantitative estimate of drug-likeness (QED) is 0.194. The molecule has 0 N–H and O–H groups in total. The number of ether oxygens (including phenoxy) is 1. The molecule has 6 aromatic carbocycles. The van der Waals surface area contributed by atoms with E-state index in [2.05, 4.69) is 133 Å². The van der Waals surface area contributed by atoms with Crippen molar-refractivity contribution in [2.75, 3.05) is 11.4 Å². The largest absolute Gasteiger partial charge is 0.453 e. The van der Waals surface area contributed by atoms with Crippen molar-refractivity contribution in [3.8, 4) is 33.8 Å². The Kier molecular flexibility index (Phi) is 6.45. The van der Waals surface area contributed by atoms with Gasteiger partial charge >= 0.3 is 0 Å². The lowest BCUT2D eigenvalue weighted by atomic mass is 9.98. The first-order valence-electron chi connectivity index (χ1n) is 14.5. The zero-order chi connectivity index (χ0) is 26.9. The molecular weight excluding hydrogens is 486 g/mol. The average molecular weight is 520 g/mol. The standard InChI is InChI=1S/C38H33NO/c1-2-3-4-11-20-39-35-23-31-18-16-29(27-12-7-5-8-13-27)21-33(31)25-37(35)40-38-26-34-22-30(28-14-9-6-10-15-28)17-19-32(34)24-36(38)39/h5-10,12-19,21-26H,2-4,11,20H2,1H3. The summed E-state index contributed by atoms with van der Waals surface area (Å²) < 4.78 is 6.70. The first kappa shape index (κ1) is 24.5. The summed E-state index contributed by atoms with van der Waals surface area (Å²) in [5.74, 6) is 1.86. The molecule has 7 rings (SSSR count). The summed E-state index contributed by atoms with van der Waals surface area (Å²) in [5.41, 5.74) is 7.21. The van der Waals surface area contributed by atoms with Crippen LogP contribution in [0.25, 0.3) is 43.8 Å². The fourth-order valence-corrected chi connectivity index (χ4v) is 5.92. The number of hydrogen-bond donors (Lipinski definition) is 0. The fourth-order valence-electron chi connectivity index (χ4n) is 5.92. The number of anilines is 2. The predicted molar refractivity (Wildman–Crippen MR) is 170 cm³/mol. The van der Waals surface area contributed by atoms with Crippen LogP contribution in [0, 0.1) is 0 Å². The number of hydrogen-bond acceptors (Lipinski definition) is 2. The van der Waals surface area contributed by atoms with E-state index in [-0.39, 0.29) is 0 Å². The third-order valence-electron chi connectivity index (χ3n) is 8.09. The van der Waals surface area contributed by atoms with Gasteiger partial charge in [0.1, 0.15) is 0 Å². The molecule has 0 aromatic heterocycles. The Morgan fingerprint density at radius 2 is 1.00 bits per heavy atom. The van der Waals surface area contributed by atoms with Crippen molar-refractivity contribution in [1.82, 2.24) is 0 Å². The molecule has 2 nitrogen and oxygen atoms in total. The third kappa shape index (κ3) is 4.60. The zero-order valence-electron chi connectivity index (χ0n) is 22.9. The molecule has 1 aliphatic rings. The second kappa shape index (κ2) is 10.5. The van der Waals surface area contributed by atoms with Gasteiger partial charge in [-0.2, -0.15) is 0 Å². The highest BCUT2D eigenvalue weighted by atomic mass is 16.5. The minimum Gasteiger partial charge on any atom is -0.453 e. The van der Waals surface area contributed by atoms with E-state index in [0.717, 1.165) is 35.8 Å². The maximum absolute atomic E-state index is 6.70. The van der Waals surface area contributed by atoms with Crippen molar-refractivity contribution in [2.45, 2.75) is 32.6 Å². The van der Waals surface area contributed by atoms with E-state index in [1.807, 2.05) is 0 Å². The fraction of sp³-hybridized carbons (Fsp3) is 0.158. The van der Waals surface area contributed by atoms with Crippen molar-refractivity contribution >= 4 is 32.9 Å². The SMILES string of the molecule is CCCCCCN1c2cc3ccc(-c4ccccc4)cc3cc2Oc2cc3cc(-c4ccccc4)ccc3cc21. The molecule has 0 unspecified atom stereocenters. The predicted octanol–water partition coefficient (Wildman–Crippen LogP) is 11.2. The number of benzene rings is 6. The van der Waals surface area contributed by atoms with Crippen LogP contribution < -0.4 is 9.64 Å². The third-order valence-corrected chi connectivity index (χ3v) is 8.09. The molecule has 2 heteroatoms. The second-order valence-corrected chi connectivity index (χ2v) is 10.8. The Hall–Kier alpha value is -4.56. The Bertz CT molecular complexity index is 1680. The molecule has 0 aliphatic carbocycles. The Morgan fingerprint density at radius 1 is 0.475 bits per heavy atom. The lowest BCUT2D eigenvalue weighted by molar-refractivity contribution is 0.473. The van der Waals surface area contributed by atoms with Crippen LogP contribution in [0.1, 0.15) is 32.6 Å². The topological polar surface area (TPSA) is 12.5 Å². The molecule has 0 spiro atoms. The summed E-state index contributed by atoms with van der Waals surface area (Å²) in [6.45, 7) is 3.25. The zero-order valence-corrected chi connectivity index (χ0v) is 22.9. The maximum Gasteiger partial charge on any atom is 0.151 e. The van der Waals surface area contributed by atoms with Gasteiger partial charge in [-0.25, -0.2) is 0 Å².